The lowest BCUT2D eigenvalue weighted by Crippen LogP contribution is -2.41. The van der Waals surface area contributed by atoms with Crippen LogP contribution in [0.25, 0.3) is 11.1 Å². The molecule has 1 aliphatic heterocycles. The molecule has 0 unspecified atom stereocenters. The molecule has 4 rings (SSSR count). The van der Waals surface area contributed by atoms with Gasteiger partial charge in [0.1, 0.15) is 0 Å². The third-order valence-electron chi connectivity index (χ3n) is 6.34. The van der Waals surface area contributed by atoms with E-state index in [-0.39, 0.29) is 11.8 Å². The molecule has 0 saturated carbocycles. The van der Waals surface area contributed by atoms with Crippen molar-refractivity contribution in [2.24, 2.45) is 5.92 Å². The molecule has 1 N–H and O–H groups in total. The highest BCUT2D eigenvalue weighted by Gasteiger charge is 2.24. The third kappa shape index (κ3) is 5.39. The van der Waals surface area contributed by atoms with Crippen LogP contribution in [0.1, 0.15) is 33.6 Å². The Morgan fingerprint density at radius 3 is 2.09 bits per heavy atom. The first-order valence-electron chi connectivity index (χ1n) is 11.5. The number of methoxy groups -OCH3 is 2. The van der Waals surface area contributed by atoms with E-state index < -0.39 is 0 Å². The van der Waals surface area contributed by atoms with Crippen molar-refractivity contribution >= 4 is 11.8 Å². The van der Waals surface area contributed by atoms with Gasteiger partial charge in [0, 0.05) is 30.8 Å². The van der Waals surface area contributed by atoms with Crippen molar-refractivity contribution in [1.29, 1.82) is 0 Å². The molecule has 34 heavy (non-hydrogen) atoms. The molecular weight excluding hydrogens is 428 g/mol. The van der Waals surface area contributed by atoms with Crippen LogP contribution < -0.4 is 14.8 Å². The van der Waals surface area contributed by atoms with Gasteiger partial charge in [-0.1, -0.05) is 42.5 Å². The van der Waals surface area contributed by atoms with E-state index >= 15 is 0 Å². The Bertz CT molecular complexity index is 1120. The van der Waals surface area contributed by atoms with Crippen molar-refractivity contribution in [3.05, 3.63) is 83.9 Å². The molecule has 0 aliphatic carbocycles. The van der Waals surface area contributed by atoms with Gasteiger partial charge in [-0.15, -0.1) is 0 Å². The molecule has 1 saturated heterocycles. The summed E-state index contributed by atoms with van der Waals surface area (Å²) in [7, 11) is 3.11. The number of benzene rings is 3. The molecule has 1 aliphatic rings. The molecule has 0 bridgehead atoms. The van der Waals surface area contributed by atoms with Crippen LogP contribution in [0, 0.1) is 5.92 Å². The fourth-order valence-electron chi connectivity index (χ4n) is 4.28. The largest absolute Gasteiger partial charge is 0.493 e. The summed E-state index contributed by atoms with van der Waals surface area (Å²) in [6.07, 6.45) is 1.72. The first-order chi connectivity index (χ1) is 16.6. The fourth-order valence-corrected chi connectivity index (χ4v) is 4.28. The van der Waals surface area contributed by atoms with Crippen molar-refractivity contribution in [2.75, 3.05) is 33.9 Å². The molecule has 3 aromatic rings. The summed E-state index contributed by atoms with van der Waals surface area (Å²) in [5, 5.41) is 3.02. The van der Waals surface area contributed by atoms with Gasteiger partial charge in [0.2, 0.25) is 0 Å². The molecule has 1 heterocycles. The number of piperidine rings is 1. The van der Waals surface area contributed by atoms with Gasteiger partial charge in [0.25, 0.3) is 11.8 Å². The van der Waals surface area contributed by atoms with Gasteiger partial charge in [-0.05, 0) is 60.2 Å². The second kappa shape index (κ2) is 10.9. The number of ether oxygens (including phenoxy) is 2. The van der Waals surface area contributed by atoms with Crippen LogP contribution in [0.15, 0.2) is 72.8 Å². The Kier molecular flexibility index (Phi) is 7.48. The highest BCUT2D eigenvalue weighted by molar-refractivity contribution is 5.95. The van der Waals surface area contributed by atoms with Gasteiger partial charge in [0.05, 0.1) is 14.2 Å². The number of hydrogen-bond acceptors (Lipinski definition) is 4. The number of nitrogens with one attached hydrogen (secondary N) is 1. The van der Waals surface area contributed by atoms with Gasteiger partial charge in [-0.2, -0.15) is 0 Å². The zero-order valence-corrected chi connectivity index (χ0v) is 19.6. The molecule has 0 radical (unpaired) electrons. The molecule has 0 spiro atoms. The minimum Gasteiger partial charge on any atom is -0.493 e. The Hall–Kier alpha value is -3.80. The van der Waals surface area contributed by atoms with E-state index in [1.807, 2.05) is 47.4 Å². The molecule has 6 nitrogen and oxygen atoms in total. The predicted octanol–water partition coefficient (Wildman–Crippen LogP) is 4.65. The number of nitrogens with zero attached hydrogens (tertiary/aromatic N) is 1. The minimum absolute atomic E-state index is 0.0624. The smallest absolute Gasteiger partial charge is 0.253 e. The van der Waals surface area contributed by atoms with E-state index in [4.69, 9.17) is 9.47 Å². The van der Waals surface area contributed by atoms with Crippen molar-refractivity contribution in [2.45, 2.75) is 12.8 Å². The van der Waals surface area contributed by atoms with E-state index in [0.717, 1.165) is 24.0 Å². The normalized spacial score (nSPS) is 13.9. The molecule has 0 aromatic heterocycles. The maximum absolute atomic E-state index is 13.0. The zero-order chi connectivity index (χ0) is 23.9. The quantitative estimate of drug-likeness (QED) is 0.560. The third-order valence-corrected chi connectivity index (χ3v) is 6.34. The second-order valence-corrected chi connectivity index (χ2v) is 8.46. The molecule has 1 fully saturated rings. The van der Waals surface area contributed by atoms with Crippen molar-refractivity contribution in [3.63, 3.8) is 0 Å². The van der Waals surface area contributed by atoms with Gasteiger partial charge in [-0.3, -0.25) is 9.59 Å². The second-order valence-electron chi connectivity index (χ2n) is 8.46. The summed E-state index contributed by atoms with van der Waals surface area (Å²) in [6, 6.07) is 23.1. The average molecular weight is 459 g/mol. The van der Waals surface area contributed by atoms with E-state index in [2.05, 4.69) is 17.4 Å². The van der Waals surface area contributed by atoms with Crippen LogP contribution in [-0.4, -0.2) is 50.6 Å². The van der Waals surface area contributed by atoms with Gasteiger partial charge >= 0.3 is 0 Å². The summed E-state index contributed by atoms with van der Waals surface area (Å²) in [5.41, 5.74) is 3.47. The monoisotopic (exact) mass is 458 g/mol. The van der Waals surface area contributed by atoms with Gasteiger partial charge in [0.15, 0.2) is 11.5 Å². The van der Waals surface area contributed by atoms with Gasteiger partial charge in [-0.25, -0.2) is 0 Å². The first-order valence-corrected chi connectivity index (χ1v) is 11.5. The Morgan fingerprint density at radius 2 is 1.44 bits per heavy atom. The summed E-state index contributed by atoms with van der Waals surface area (Å²) in [4.78, 5) is 27.4. The molecular formula is C28H30N2O4. The fraction of sp³-hybridized carbons (Fsp3) is 0.286. The lowest BCUT2D eigenvalue weighted by molar-refractivity contribution is 0.0684. The average Bonchev–Trinajstić information content (AvgIpc) is 2.91. The van der Waals surface area contributed by atoms with Crippen molar-refractivity contribution < 1.29 is 19.1 Å². The van der Waals surface area contributed by atoms with Crippen LogP contribution >= 0.6 is 0 Å². The highest BCUT2D eigenvalue weighted by Crippen LogP contribution is 2.27. The summed E-state index contributed by atoms with van der Waals surface area (Å²) < 4.78 is 10.5. The summed E-state index contributed by atoms with van der Waals surface area (Å²) >= 11 is 0. The Balaban J connectivity index is 1.27. The molecule has 176 valence electrons. The van der Waals surface area contributed by atoms with Crippen LogP contribution in [-0.2, 0) is 0 Å². The number of likely N-dealkylation sites (tertiary alicyclic amines) is 1. The van der Waals surface area contributed by atoms with Crippen LogP contribution in [0.4, 0.5) is 0 Å². The van der Waals surface area contributed by atoms with Crippen LogP contribution in [0.3, 0.4) is 0 Å². The van der Waals surface area contributed by atoms with Crippen LogP contribution in [0.5, 0.6) is 11.5 Å². The standard InChI is InChI=1S/C28H30N2O4/c1-33-25-13-12-24(18-26(25)34-2)27(31)29-19-20-14-16-30(17-15-20)28(32)23-10-8-22(9-11-23)21-6-4-3-5-7-21/h3-13,18,20H,14-17,19H2,1-2H3,(H,29,31). The maximum Gasteiger partial charge on any atom is 0.253 e. The van der Waals surface area contributed by atoms with E-state index in [1.165, 1.54) is 0 Å². The number of hydrogen-bond donors (Lipinski definition) is 1. The highest BCUT2D eigenvalue weighted by atomic mass is 16.5. The topological polar surface area (TPSA) is 67.9 Å². The zero-order valence-electron chi connectivity index (χ0n) is 19.6. The SMILES string of the molecule is COc1ccc(C(=O)NCC2CCN(C(=O)c3ccc(-c4ccccc4)cc3)CC2)cc1OC. The number of carbonyl (C=O) groups is 2. The number of carbonyl (C=O) groups excluding carboxylic acids is 2. The molecule has 0 atom stereocenters. The lowest BCUT2D eigenvalue weighted by Gasteiger charge is -2.32. The van der Waals surface area contributed by atoms with E-state index in [0.29, 0.717) is 48.2 Å². The van der Waals surface area contributed by atoms with E-state index in [1.54, 1.807) is 32.4 Å². The molecule has 2 amide bonds. The van der Waals surface area contributed by atoms with E-state index in [9.17, 15) is 9.59 Å². The van der Waals surface area contributed by atoms with Crippen LogP contribution in [0.2, 0.25) is 0 Å². The Labute approximate surface area is 200 Å². The van der Waals surface area contributed by atoms with Crippen molar-refractivity contribution in [3.8, 4) is 22.6 Å². The lowest BCUT2D eigenvalue weighted by atomic mass is 9.96. The number of amides is 2. The minimum atomic E-state index is -0.141. The Morgan fingerprint density at radius 1 is 0.824 bits per heavy atom. The van der Waals surface area contributed by atoms with Crippen molar-refractivity contribution in [1.82, 2.24) is 10.2 Å². The molecule has 3 aromatic carbocycles. The first kappa shape index (κ1) is 23.4. The maximum atomic E-state index is 13.0. The van der Waals surface area contributed by atoms with Gasteiger partial charge < -0.3 is 19.7 Å². The summed E-state index contributed by atoms with van der Waals surface area (Å²) in [6.45, 7) is 1.97. The molecule has 6 heteroatoms. The predicted molar refractivity (Wildman–Crippen MR) is 132 cm³/mol. The summed E-state index contributed by atoms with van der Waals surface area (Å²) in [5.74, 6) is 1.38. The number of rotatable bonds is 7.